The Kier molecular flexibility index (Phi) is 7.79. The van der Waals surface area contributed by atoms with E-state index in [1.54, 1.807) is 42.5 Å². The summed E-state index contributed by atoms with van der Waals surface area (Å²) >= 11 is 0. The Morgan fingerprint density at radius 2 is 1.07 bits per heavy atom. The minimum Gasteiger partial charge on any atom is -0.398 e. The second-order valence-electron chi connectivity index (χ2n) is 10.2. The van der Waals surface area contributed by atoms with Gasteiger partial charge in [-0.2, -0.15) is 27.1 Å². The molecule has 46 heavy (non-hydrogen) atoms. The highest BCUT2D eigenvalue weighted by molar-refractivity contribution is 7.86. The quantitative estimate of drug-likeness (QED) is 0.0749. The summed E-state index contributed by atoms with van der Waals surface area (Å²) in [5.41, 5.74) is 15.2. The molecule has 0 fully saturated rings. The molecule has 0 aliphatic carbocycles. The third-order valence-electron chi connectivity index (χ3n) is 7.20. The van der Waals surface area contributed by atoms with E-state index in [-0.39, 0.29) is 21.8 Å². The maximum absolute atomic E-state index is 12.4. The molecule has 0 saturated heterocycles. The van der Waals surface area contributed by atoms with Crippen molar-refractivity contribution in [2.75, 3.05) is 11.5 Å². The second-order valence-corrected chi connectivity index (χ2v) is 13.0. The molecule has 12 nitrogen and oxygen atoms in total. The average molecular weight is 653 g/mol. The number of hydrogen-bond donors (Lipinski definition) is 4. The van der Waals surface area contributed by atoms with Crippen LogP contribution in [0.2, 0.25) is 0 Å². The van der Waals surface area contributed by atoms with Gasteiger partial charge in [0.15, 0.2) is 0 Å². The number of anilines is 2. The Balaban J connectivity index is 1.31. The molecule has 0 amide bonds. The SMILES string of the molecule is Nc1ccc(N=Nc2ccc(-c3ccc(N=Nc4ccc(N)c5ccc(S(=O)(=O)O)cc45)cc3S(=O)(=O)O)cc2)c2ccccc12. The monoisotopic (exact) mass is 652 g/mol. The average Bonchev–Trinajstić information content (AvgIpc) is 3.03. The number of nitrogens with two attached hydrogens (primary N) is 2. The lowest BCUT2D eigenvalue weighted by Crippen LogP contribution is -2.00. The normalized spacial score (nSPS) is 12.5. The van der Waals surface area contributed by atoms with Gasteiger partial charge in [0, 0.05) is 38.5 Å². The van der Waals surface area contributed by atoms with Crippen molar-refractivity contribution in [2.45, 2.75) is 9.79 Å². The summed E-state index contributed by atoms with van der Waals surface area (Å²) in [4.78, 5) is -0.756. The van der Waals surface area contributed by atoms with Crippen LogP contribution in [0.15, 0.2) is 139 Å². The second kappa shape index (κ2) is 11.8. The van der Waals surface area contributed by atoms with Gasteiger partial charge in [-0.05, 0) is 66.2 Å². The van der Waals surface area contributed by atoms with E-state index in [9.17, 15) is 25.9 Å². The Bertz CT molecular complexity index is 2450. The number of rotatable bonds is 7. The van der Waals surface area contributed by atoms with Gasteiger partial charge in [0.05, 0.1) is 27.6 Å². The molecule has 0 atom stereocenters. The summed E-state index contributed by atoms with van der Waals surface area (Å²) < 4.78 is 67.7. The van der Waals surface area contributed by atoms with Crippen LogP contribution in [0.3, 0.4) is 0 Å². The summed E-state index contributed by atoms with van der Waals surface area (Å²) in [5.74, 6) is 0. The van der Waals surface area contributed by atoms with Gasteiger partial charge in [-0.25, -0.2) is 0 Å². The van der Waals surface area contributed by atoms with E-state index in [1.165, 1.54) is 36.4 Å². The topological polar surface area (TPSA) is 210 Å². The van der Waals surface area contributed by atoms with E-state index >= 15 is 0 Å². The van der Waals surface area contributed by atoms with Crippen LogP contribution >= 0.6 is 0 Å². The maximum atomic E-state index is 12.4. The molecule has 14 heteroatoms. The molecular formula is C32H24N6O6S2. The van der Waals surface area contributed by atoms with Gasteiger partial charge in [-0.1, -0.05) is 48.5 Å². The number of nitrogen functional groups attached to an aromatic ring is 2. The van der Waals surface area contributed by atoms with E-state index in [4.69, 9.17) is 11.5 Å². The molecule has 0 aliphatic heterocycles. The van der Waals surface area contributed by atoms with Gasteiger partial charge in [0.1, 0.15) is 4.90 Å². The number of hydrogen-bond acceptors (Lipinski definition) is 10. The Labute approximate surface area is 263 Å². The molecule has 6 N–H and O–H groups in total. The van der Waals surface area contributed by atoms with Crippen molar-refractivity contribution in [3.63, 3.8) is 0 Å². The first-order valence-corrected chi connectivity index (χ1v) is 16.4. The molecule has 6 aromatic rings. The molecule has 0 bridgehead atoms. The maximum Gasteiger partial charge on any atom is 0.295 e. The van der Waals surface area contributed by atoms with Gasteiger partial charge in [0.25, 0.3) is 20.2 Å². The lowest BCUT2D eigenvalue weighted by molar-refractivity contribution is 0.481. The minimum atomic E-state index is -4.69. The summed E-state index contributed by atoms with van der Waals surface area (Å²) in [6.07, 6.45) is 0. The Hall–Kier alpha value is -5.54. The molecule has 230 valence electrons. The van der Waals surface area contributed by atoms with E-state index in [0.717, 1.165) is 16.8 Å². The van der Waals surface area contributed by atoms with Crippen molar-refractivity contribution in [3.05, 3.63) is 109 Å². The molecule has 0 aromatic heterocycles. The lowest BCUT2D eigenvalue weighted by atomic mass is 10.0. The van der Waals surface area contributed by atoms with Gasteiger partial charge >= 0.3 is 0 Å². The van der Waals surface area contributed by atoms with Gasteiger partial charge in [0.2, 0.25) is 0 Å². The molecule has 0 heterocycles. The van der Waals surface area contributed by atoms with Crippen molar-refractivity contribution in [3.8, 4) is 11.1 Å². The molecule has 6 rings (SSSR count). The summed E-state index contributed by atoms with van der Waals surface area (Å²) in [6, 6.07) is 28.8. The smallest absolute Gasteiger partial charge is 0.295 e. The van der Waals surface area contributed by atoms with Crippen LogP contribution in [-0.4, -0.2) is 25.9 Å². The molecule has 0 radical (unpaired) electrons. The fraction of sp³-hybridized carbons (Fsp3) is 0. The van der Waals surface area contributed by atoms with Gasteiger partial charge in [-0.3, -0.25) is 9.11 Å². The summed E-state index contributed by atoms with van der Waals surface area (Å²) in [5, 5.41) is 19.4. The number of benzene rings is 6. The first-order chi connectivity index (χ1) is 21.9. The fourth-order valence-corrected chi connectivity index (χ4v) is 6.17. The molecule has 0 saturated carbocycles. The van der Waals surface area contributed by atoms with Crippen LogP contribution in [0.25, 0.3) is 32.7 Å². The molecule has 0 unspecified atom stereocenters. The molecule has 6 aromatic carbocycles. The van der Waals surface area contributed by atoms with Crippen LogP contribution in [0.4, 0.5) is 34.1 Å². The summed E-state index contributed by atoms with van der Waals surface area (Å²) in [7, 11) is -9.19. The van der Waals surface area contributed by atoms with Crippen molar-refractivity contribution < 1.29 is 25.9 Å². The molecular weight excluding hydrogens is 629 g/mol. The van der Waals surface area contributed by atoms with E-state index in [1.807, 2.05) is 24.3 Å². The highest BCUT2D eigenvalue weighted by Gasteiger charge is 2.18. The zero-order valence-electron chi connectivity index (χ0n) is 23.7. The zero-order valence-corrected chi connectivity index (χ0v) is 25.3. The number of nitrogens with zero attached hydrogens (tertiary/aromatic N) is 4. The summed E-state index contributed by atoms with van der Waals surface area (Å²) in [6.45, 7) is 0. The molecule has 0 aliphatic rings. The fourth-order valence-electron chi connectivity index (χ4n) is 4.93. The molecule has 0 spiro atoms. The third kappa shape index (κ3) is 6.18. The van der Waals surface area contributed by atoms with Crippen molar-refractivity contribution >= 4 is 75.9 Å². The van der Waals surface area contributed by atoms with Crippen LogP contribution in [0.1, 0.15) is 0 Å². The third-order valence-corrected chi connectivity index (χ3v) is 8.94. The minimum absolute atomic E-state index is 0.0911. The van der Waals surface area contributed by atoms with Gasteiger partial charge in [-0.15, -0.1) is 10.2 Å². The van der Waals surface area contributed by atoms with Crippen molar-refractivity contribution in [1.29, 1.82) is 0 Å². The predicted octanol–water partition coefficient (Wildman–Crippen LogP) is 8.15. The highest BCUT2D eigenvalue weighted by atomic mass is 32.2. The largest absolute Gasteiger partial charge is 0.398 e. The Morgan fingerprint density at radius 3 is 1.70 bits per heavy atom. The standard InChI is InChI=1S/C32H24N6O6S2/c33-28-13-15-30(26-4-2-1-3-24(26)28)37-35-20-7-5-19(6-8-20)23-11-9-21(17-32(23)46(42,43)44)36-38-31-16-14-29(34)25-12-10-22(18-27(25)31)45(39,40)41/h1-18H,33-34H2,(H,39,40,41)(H,42,43,44). The van der Waals surface area contributed by atoms with E-state index in [2.05, 4.69) is 20.5 Å². The van der Waals surface area contributed by atoms with Crippen LogP contribution < -0.4 is 11.5 Å². The van der Waals surface area contributed by atoms with Crippen molar-refractivity contribution in [1.82, 2.24) is 0 Å². The zero-order chi connectivity index (χ0) is 32.6. The first-order valence-electron chi connectivity index (χ1n) is 13.5. The Morgan fingerprint density at radius 1 is 0.500 bits per heavy atom. The lowest BCUT2D eigenvalue weighted by Gasteiger charge is -2.09. The van der Waals surface area contributed by atoms with Crippen LogP contribution in [-0.2, 0) is 20.2 Å². The van der Waals surface area contributed by atoms with E-state index < -0.39 is 25.1 Å². The predicted molar refractivity (Wildman–Crippen MR) is 177 cm³/mol. The first kappa shape index (κ1) is 30.5. The van der Waals surface area contributed by atoms with Crippen molar-refractivity contribution in [2.24, 2.45) is 20.5 Å². The van der Waals surface area contributed by atoms with Crippen LogP contribution in [0.5, 0.6) is 0 Å². The number of azo groups is 2. The highest BCUT2D eigenvalue weighted by Crippen LogP contribution is 2.36. The van der Waals surface area contributed by atoms with Crippen LogP contribution in [0, 0.1) is 0 Å². The van der Waals surface area contributed by atoms with Gasteiger partial charge < -0.3 is 11.5 Å². The number of fused-ring (bicyclic) bond motifs is 2. The van der Waals surface area contributed by atoms with E-state index in [0.29, 0.717) is 39.1 Å².